The molecule has 0 aromatic carbocycles. The Bertz CT molecular complexity index is 286. The van der Waals surface area contributed by atoms with Crippen molar-refractivity contribution in [2.45, 2.75) is 39.0 Å². The van der Waals surface area contributed by atoms with Crippen LogP contribution in [0.1, 0.15) is 39.0 Å². The van der Waals surface area contributed by atoms with Gasteiger partial charge in [-0.25, -0.2) is 0 Å². The molecule has 0 amide bonds. The lowest BCUT2D eigenvalue weighted by atomic mass is 9.64. The molecule has 3 aliphatic carbocycles. The first-order valence-corrected chi connectivity index (χ1v) is 6.12. The Morgan fingerprint density at radius 1 is 1.21 bits per heavy atom. The summed E-state index contributed by atoms with van der Waals surface area (Å²) >= 11 is 0. The molecule has 0 aromatic heterocycles. The molecule has 1 fully saturated rings. The number of hydrogen-bond donors (Lipinski definition) is 0. The van der Waals surface area contributed by atoms with E-state index < -0.39 is 0 Å². The average molecular weight is 188 g/mol. The van der Waals surface area contributed by atoms with Gasteiger partial charge < -0.3 is 0 Å². The van der Waals surface area contributed by atoms with Gasteiger partial charge in [0.1, 0.15) is 0 Å². The maximum Gasteiger partial charge on any atom is -0.0171 e. The van der Waals surface area contributed by atoms with Crippen molar-refractivity contribution in [2.24, 2.45) is 23.2 Å². The maximum atomic E-state index is 2.55. The van der Waals surface area contributed by atoms with Gasteiger partial charge in [-0.1, -0.05) is 31.2 Å². The first kappa shape index (κ1) is 8.76. The first-order chi connectivity index (χ1) is 6.79. The van der Waals surface area contributed by atoms with Crippen LogP contribution in [-0.4, -0.2) is 0 Å². The Hall–Kier alpha value is -0.520. The van der Waals surface area contributed by atoms with Gasteiger partial charge in [0.2, 0.25) is 0 Å². The van der Waals surface area contributed by atoms with Crippen molar-refractivity contribution < 1.29 is 0 Å². The van der Waals surface area contributed by atoms with Gasteiger partial charge >= 0.3 is 0 Å². The predicted octanol–water partition coefficient (Wildman–Crippen LogP) is 3.95. The van der Waals surface area contributed by atoms with Gasteiger partial charge in [0.15, 0.2) is 0 Å². The molecule has 3 aliphatic rings. The summed E-state index contributed by atoms with van der Waals surface area (Å²) in [6.07, 6.45) is 16.8. The van der Waals surface area contributed by atoms with E-state index in [4.69, 9.17) is 0 Å². The van der Waals surface area contributed by atoms with Gasteiger partial charge in [-0.3, -0.25) is 0 Å². The fourth-order valence-corrected chi connectivity index (χ4v) is 3.99. The van der Waals surface area contributed by atoms with E-state index in [1.165, 1.54) is 32.1 Å². The summed E-state index contributed by atoms with van der Waals surface area (Å²) in [5.74, 6) is 2.80. The third kappa shape index (κ3) is 1.12. The van der Waals surface area contributed by atoms with Crippen molar-refractivity contribution in [1.82, 2.24) is 0 Å². The largest absolute Gasteiger partial charge is 0.0885 e. The molecule has 0 spiro atoms. The summed E-state index contributed by atoms with van der Waals surface area (Å²) in [4.78, 5) is 0. The van der Waals surface area contributed by atoms with Gasteiger partial charge in [-0.15, -0.1) is 0 Å². The molecule has 0 nitrogen and oxygen atoms in total. The standard InChI is InChI=1S/C14H20/c1-14(12-5-3-2-4-6-12)10-11-7-8-13(14)9-11/h2-3,7-8,11-13H,4-6,9-10H2,1H3. The number of fused-ring (bicyclic) bond motifs is 2. The molecule has 4 atom stereocenters. The minimum Gasteiger partial charge on any atom is -0.0885 e. The molecule has 0 heteroatoms. The normalized spacial score (nSPS) is 50.2. The van der Waals surface area contributed by atoms with E-state index in [1.54, 1.807) is 0 Å². The number of hydrogen-bond acceptors (Lipinski definition) is 0. The van der Waals surface area contributed by atoms with E-state index >= 15 is 0 Å². The lowest BCUT2D eigenvalue weighted by molar-refractivity contribution is 0.132. The molecule has 2 bridgehead atoms. The van der Waals surface area contributed by atoms with Crippen LogP contribution in [0.4, 0.5) is 0 Å². The minimum atomic E-state index is 0.643. The van der Waals surface area contributed by atoms with Crippen LogP contribution in [0.25, 0.3) is 0 Å². The molecule has 0 aliphatic heterocycles. The van der Waals surface area contributed by atoms with E-state index in [9.17, 15) is 0 Å². The average Bonchev–Trinajstić information content (AvgIpc) is 2.79. The van der Waals surface area contributed by atoms with Crippen LogP contribution < -0.4 is 0 Å². The summed E-state index contributed by atoms with van der Waals surface area (Å²) in [5.41, 5.74) is 0.643. The lowest BCUT2D eigenvalue weighted by Gasteiger charge is -2.40. The van der Waals surface area contributed by atoms with Crippen molar-refractivity contribution >= 4 is 0 Å². The monoisotopic (exact) mass is 188 g/mol. The molecule has 0 N–H and O–H groups in total. The Morgan fingerprint density at radius 3 is 2.71 bits per heavy atom. The van der Waals surface area contributed by atoms with E-state index in [-0.39, 0.29) is 0 Å². The van der Waals surface area contributed by atoms with Gasteiger partial charge in [-0.2, -0.15) is 0 Å². The molecule has 3 rings (SSSR count). The molecule has 1 saturated carbocycles. The summed E-state index contributed by atoms with van der Waals surface area (Å²) in [6.45, 7) is 2.55. The van der Waals surface area contributed by atoms with Crippen LogP contribution >= 0.6 is 0 Å². The quantitative estimate of drug-likeness (QED) is 0.547. The van der Waals surface area contributed by atoms with Crippen LogP contribution in [-0.2, 0) is 0 Å². The van der Waals surface area contributed by atoms with Crippen LogP contribution in [0.5, 0.6) is 0 Å². The Balaban J connectivity index is 1.83. The first-order valence-electron chi connectivity index (χ1n) is 6.12. The zero-order valence-corrected chi connectivity index (χ0v) is 9.08. The smallest absolute Gasteiger partial charge is 0.0171 e. The van der Waals surface area contributed by atoms with E-state index in [0.717, 1.165) is 17.8 Å². The van der Waals surface area contributed by atoms with Crippen LogP contribution in [0, 0.1) is 23.2 Å². The van der Waals surface area contributed by atoms with Crippen molar-refractivity contribution in [2.75, 3.05) is 0 Å². The van der Waals surface area contributed by atoms with E-state index in [2.05, 4.69) is 31.2 Å². The zero-order chi connectivity index (χ0) is 9.60. The zero-order valence-electron chi connectivity index (χ0n) is 9.08. The van der Waals surface area contributed by atoms with Crippen LogP contribution in [0.2, 0.25) is 0 Å². The Kier molecular flexibility index (Phi) is 1.87. The van der Waals surface area contributed by atoms with Crippen molar-refractivity contribution in [3.05, 3.63) is 24.3 Å². The fraction of sp³-hybridized carbons (Fsp3) is 0.714. The highest BCUT2D eigenvalue weighted by atomic mass is 14.5. The van der Waals surface area contributed by atoms with Crippen molar-refractivity contribution in [3.8, 4) is 0 Å². The fourth-order valence-electron chi connectivity index (χ4n) is 3.99. The molecule has 0 saturated heterocycles. The van der Waals surface area contributed by atoms with Gasteiger partial charge in [0.05, 0.1) is 0 Å². The van der Waals surface area contributed by atoms with Gasteiger partial charge in [-0.05, 0) is 55.3 Å². The van der Waals surface area contributed by atoms with E-state index in [0.29, 0.717) is 5.41 Å². The van der Waals surface area contributed by atoms with E-state index in [1.807, 2.05) is 0 Å². The summed E-state index contributed by atoms with van der Waals surface area (Å²) in [7, 11) is 0. The van der Waals surface area contributed by atoms with Crippen LogP contribution in [0.15, 0.2) is 24.3 Å². The lowest BCUT2D eigenvalue weighted by Crippen LogP contribution is -2.32. The second kappa shape index (κ2) is 2.98. The number of rotatable bonds is 1. The highest BCUT2D eigenvalue weighted by Gasteiger charge is 2.48. The molecule has 4 unspecified atom stereocenters. The summed E-state index contributed by atoms with van der Waals surface area (Å²) in [6, 6.07) is 0. The Labute approximate surface area is 87.1 Å². The second-order valence-electron chi connectivity index (χ2n) is 5.68. The second-order valence-corrected chi connectivity index (χ2v) is 5.68. The number of allylic oxidation sites excluding steroid dienone is 4. The van der Waals surface area contributed by atoms with Crippen molar-refractivity contribution in [1.29, 1.82) is 0 Å². The maximum absolute atomic E-state index is 2.55. The molecule has 76 valence electrons. The molecule has 14 heavy (non-hydrogen) atoms. The third-order valence-corrected chi connectivity index (χ3v) is 4.92. The summed E-state index contributed by atoms with van der Waals surface area (Å²) < 4.78 is 0. The highest BCUT2D eigenvalue weighted by Crippen LogP contribution is 2.57. The SMILES string of the molecule is CC1(C2CC=CCC2)CC2C=CC1C2. The molecule has 0 aromatic rings. The van der Waals surface area contributed by atoms with Gasteiger partial charge in [0.25, 0.3) is 0 Å². The molecule has 0 heterocycles. The molecular formula is C14H20. The highest BCUT2D eigenvalue weighted by molar-refractivity contribution is 5.16. The third-order valence-electron chi connectivity index (χ3n) is 4.92. The summed E-state index contributed by atoms with van der Waals surface area (Å²) in [5, 5.41) is 0. The Morgan fingerprint density at radius 2 is 2.14 bits per heavy atom. The predicted molar refractivity (Wildman–Crippen MR) is 59.9 cm³/mol. The van der Waals surface area contributed by atoms with Crippen LogP contribution in [0.3, 0.4) is 0 Å². The molecule has 0 radical (unpaired) electrons. The topological polar surface area (TPSA) is 0 Å². The molecular weight excluding hydrogens is 168 g/mol. The van der Waals surface area contributed by atoms with Gasteiger partial charge in [0, 0.05) is 0 Å². The van der Waals surface area contributed by atoms with Crippen molar-refractivity contribution in [3.63, 3.8) is 0 Å². The minimum absolute atomic E-state index is 0.643.